The van der Waals surface area contributed by atoms with Crippen molar-refractivity contribution >= 4 is 17.5 Å². The molecule has 0 aliphatic rings. The Hall–Kier alpha value is -2.10. The van der Waals surface area contributed by atoms with E-state index in [2.05, 4.69) is 47.3 Å². The minimum Gasteiger partial charge on any atom is -0.368 e. The molecule has 4 heteroatoms. The molecule has 0 bridgehead atoms. The summed E-state index contributed by atoms with van der Waals surface area (Å²) in [6.07, 6.45) is 0. The predicted molar refractivity (Wildman–Crippen MR) is 70.4 cm³/mol. The second-order valence-electron chi connectivity index (χ2n) is 4.25. The molecule has 0 amide bonds. The molecule has 0 aliphatic heterocycles. The SMILES string of the molecule is Cc1cc(C)cc(Nc2cc(C)nc(N)n2)c1. The lowest BCUT2D eigenvalue weighted by atomic mass is 10.1. The van der Waals surface area contributed by atoms with Crippen LogP contribution in [0.2, 0.25) is 0 Å². The average Bonchev–Trinajstić information content (AvgIpc) is 2.13. The van der Waals surface area contributed by atoms with Crippen LogP contribution in [-0.4, -0.2) is 9.97 Å². The molecule has 0 radical (unpaired) electrons. The van der Waals surface area contributed by atoms with Crippen molar-refractivity contribution in [1.29, 1.82) is 0 Å². The van der Waals surface area contributed by atoms with E-state index in [1.807, 2.05) is 13.0 Å². The molecule has 2 aromatic rings. The Kier molecular flexibility index (Phi) is 2.95. The van der Waals surface area contributed by atoms with Crippen molar-refractivity contribution in [1.82, 2.24) is 9.97 Å². The van der Waals surface area contributed by atoms with Crippen molar-refractivity contribution in [2.24, 2.45) is 0 Å². The second kappa shape index (κ2) is 4.41. The van der Waals surface area contributed by atoms with Crippen LogP contribution in [0.5, 0.6) is 0 Å². The van der Waals surface area contributed by atoms with Crippen LogP contribution in [0.15, 0.2) is 24.3 Å². The molecular weight excluding hydrogens is 212 g/mol. The molecule has 0 unspecified atom stereocenters. The van der Waals surface area contributed by atoms with Crippen LogP contribution in [-0.2, 0) is 0 Å². The quantitative estimate of drug-likeness (QED) is 0.829. The Morgan fingerprint density at radius 3 is 2.18 bits per heavy atom. The number of hydrogen-bond donors (Lipinski definition) is 2. The van der Waals surface area contributed by atoms with Gasteiger partial charge >= 0.3 is 0 Å². The molecule has 2 rings (SSSR count). The largest absolute Gasteiger partial charge is 0.368 e. The number of nitrogens with one attached hydrogen (secondary N) is 1. The molecular formula is C13H16N4. The normalized spacial score (nSPS) is 10.3. The maximum absolute atomic E-state index is 5.61. The van der Waals surface area contributed by atoms with Gasteiger partial charge in [0, 0.05) is 17.4 Å². The molecule has 4 nitrogen and oxygen atoms in total. The van der Waals surface area contributed by atoms with Crippen molar-refractivity contribution in [3.63, 3.8) is 0 Å². The van der Waals surface area contributed by atoms with Gasteiger partial charge < -0.3 is 11.1 Å². The van der Waals surface area contributed by atoms with E-state index in [0.717, 1.165) is 17.2 Å². The first kappa shape index (κ1) is 11.4. The van der Waals surface area contributed by atoms with Gasteiger partial charge in [-0.25, -0.2) is 4.98 Å². The van der Waals surface area contributed by atoms with Crippen LogP contribution < -0.4 is 11.1 Å². The van der Waals surface area contributed by atoms with Crippen LogP contribution >= 0.6 is 0 Å². The molecule has 0 spiro atoms. The lowest BCUT2D eigenvalue weighted by molar-refractivity contribution is 1.12. The first-order valence-electron chi connectivity index (χ1n) is 5.49. The molecule has 0 fully saturated rings. The van der Waals surface area contributed by atoms with Crippen LogP contribution in [0.3, 0.4) is 0 Å². The zero-order chi connectivity index (χ0) is 12.4. The zero-order valence-electron chi connectivity index (χ0n) is 10.3. The number of hydrogen-bond acceptors (Lipinski definition) is 4. The van der Waals surface area contributed by atoms with Gasteiger partial charge in [0.25, 0.3) is 0 Å². The van der Waals surface area contributed by atoms with E-state index in [1.165, 1.54) is 11.1 Å². The van der Waals surface area contributed by atoms with Gasteiger partial charge in [-0.05, 0) is 44.0 Å². The molecule has 88 valence electrons. The van der Waals surface area contributed by atoms with Gasteiger partial charge in [0.2, 0.25) is 5.95 Å². The molecule has 0 aliphatic carbocycles. The molecule has 17 heavy (non-hydrogen) atoms. The van der Waals surface area contributed by atoms with Crippen molar-refractivity contribution in [3.05, 3.63) is 41.1 Å². The molecule has 0 atom stereocenters. The first-order chi connectivity index (χ1) is 8.02. The summed E-state index contributed by atoms with van der Waals surface area (Å²) >= 11 is 0. The Labute approximate surface area is 101 Å². The summed E-state index contributed by atoms with van der Waals surface area (Å²) in [5.74, 6) is 1.01. The van der Waals surface area contributed by atoms with Gasteiger partial charge in [-0.15, -0.1) is 0 Å². The third kappa shape index (κ3) is 2.93. The van der Waals surface area contributed by atoms with E-state index in [9.17, 15) is 0 Å². The van der Waals surface area contributed by atoms with Crippen molar-refractivity contribution in [2.75, 3.05) is 11.1 Å². The maximum Gasteiger partial charge on any atom is 0.222 e. The summed E-state index contributed by atoms with van der Waals surface area (Å²) in [5.41, 5.74) is 9.90. The summed E-state index contributed by atoms with van der Waals surface area (Å²) in [4.78, 5) is 8.18. The Morgan fingerprint density at radius 1 is 0.941 bits per heavy atom. The third-order valence-electron chi connectivity index (χ3n) is 2.37. The standard InChI is InChI=1S/C13H16N4/c1-8-4-9(2)6-11(5-8)16-12-7-10(3)15-13(14)17-12/h4-7H,1-3H3,(H3,14,15,16,17). The number of nitrogen functional groups attached to an aromatic ring is 1. The van der Waals surface area contributed by atoms with E-state index in [1.54, 1.807) is 0 Å². The highest BCUT2D eigenvalue weighted by atomic mass is 15.1. The number of benzene rings is 1. The Balaban J connectivity index is 2.31. The fraction of sp³-hybridized carbons (Fsp3) is 0.231. The zero-order valence-corrected chi connectivity index (χ0v) is 10.3. The predicted octanol–water partition coefficient (Wildman–Crippen LogP) is 2.73. The van der Waals surface area contributed by atoms with Crippen molar-refractivity contribution in [2.45, 2.75) is 20.8 Å². The lowest BCUT2D eigenvalue weighted by Gasteiger charge is -2.08. The van der Waals surface area contributed by atoms with E-state index >= 15 is 0 Å². The van der Waals surface area contributed by atoms with Crippen LogP contribution in [0.4, 0.5) is 17.5 Å². The Morgan fingerprint density at radius 2 is 1.59 bits per heavy atom. The van der Waals surface area contributed by atoms with Gasteiger partial charge in [-0.2, -0.15) is 4.98 Å². The van der Waals surface area contributed by atoms with Gasteiger partial charge in [-0.1, -0.05) is 6.07 Å². The molecule has 1 aromatic heterocycles. The van der Waals surface area contributed by atoms with E-state index in [0.29, 0.717) is 0 Å². The smallest absolute Gasteiger partial charge is 0.222 e. The molecule has 3 N–H and O–H groups in total. The highest BCUT2D eigenvalue weighted by Gasteiger charge is 2.01. The molecule has 0 saturated carbocycles. The highest BCUT2D eigenvalue weighted by molar-refractivity contribution is 5.59. The van der Waals surface area contributed by atoms with Gasteiger partial charge in [0.15, 0.2) is 0 Å². The van der Waals surface area contributed by atoms with E-state index < -0.39 is 0 Å². The average molecular weight is 228 g/mol. The minimum atomic E-state index is 0.289. The lowest BCUT2D eigenvalue weighted by Crippen LogP contribution is -2.01. The summed E-state index contributed by atoms with van der Waals surface area (Å²) < 4.78 is 0. The van der Waals surface area contributed by atoms with Gasteiger partial charge in [-0.3, -0.25) is 0 Å². The number of nitrogens with two attached hydrogens (primary N) is 1. The van der Waals surface area contributed by atoms with Crippen LogP contribution in [0, 0.1) is 20.8 Å². The number of nitrogens with zero attached hydrogens (tertiary/aromatic N) is 2. The summed E-state index contributed by atoms with van der Waals surface area (Å²) in [6.45, 7) is 6.03. The van der Waals surface area contributed by atoms with E-state index in [-0.39, 0.29) is 5.95 Å². The number of aryl methyl sites for hydroxylation is 3. The summed E-state index contributed by atoms with van der Waals surface area (Å²) in [7, 11) is 0. The Bertz CT molecular complexity index is 459. The van der Waals surface area contributed by atoms with Crippen LogP contribution in [0.25, 0.3) is 0 Å². The first-order valence-corrected chi connectivity index (χ1v) is 5.49. The topological polar surface area (TPSA) is 63.8 Å². The van der Waals surface area contributed by atoms with Crippen molar-refractivity contribution in [3.8, 4) is 0 Å². The van der Waals surface area contributed by atoms with Crippen molar-refractivity contribution < 1.29 is 0 Å². The monoisotopic (exact) mass is 228 g/mol. The van der Waals surface area contributed by atoms with E-state index in [4.69, 9.17) is 5.73 Å². The number of anilines is 3. The molecule has 0 saturated heterocycles. The molecule has 1 heterocycles. The molecule has 1 aromatic carbocycles. The fourth-order valence-corrected chi connectivity index (χ4v) is 1.85. The van der Waals surface area contributed by atoms with Gasteiger partial charge in [0.1, 0.15) is 5.82 Å². The maximum atomic E-state index is 5.61. The number of aromatic nitrogens is 2. The second-order valence-corrected chi connectivity index (χ2v) is 4.25. The summed E-state index contributed by atoms with van der Waals surface area (Å²) in [6, 6.07) is 8.14. The highest BCUT2D eigenvalue weighted by Crippen LogP contribution is 2.18. The number of rotatable bonds is 2. The fourth-order valence-electron chi connectivity index (χ4n) is 1.85. The van der Waals surface area contributed by atoms with Crippen LogP contribution in [0.1, 0.15) is 16.8 Å². The summed E-state index contributed by atoms with van der Waals surface area (Å²) in [5, 5.41) is 3.24. The van der Waals surface area contributed by atoms with Gasteiger partial charge in [0.05, 0.1) is 0 Å². The third-order valence-corrected chi connectivity index (χ3v) is 2.37. The minimum absolute atomic E-state index is 0.289.